The van der Waals surface area contributed by atoms with Gasteiger partial charge in [-0.05, 0) is 54.3 Å². The molecule has 26 heavy (non-hydrogen) atoms. The minimum Gasteiger partial charge on any atom is -0.322 e. The molecule has 134 valence electrons. The SMILES string of the molecule is O=C(Nc1cc2c3c(c1)CC(=O)N3CCC2)c1cccc(C(F)(F)F)c1. The van der Waals surface area contributed by atoms with Gasteiger partial charge in [-0.3, -0.25) is 9.59 Å². The van der Waals surface area contributed by atoms with Gasteiger partial charge in [0.15, 0.2) is 0 Å². The first-order valence-electron chi connectivity index (χ1n) is 8.28. The molecule has 4 nitrogen and oxygen atoms in total. The largest absolute Gasteiger partial charge is 0.416 e. The summed E-state index contributed by atoms with van der Waals surface area (Å²) in [4.78, 5) is 26.2. The first-order chi connectivity index (χ1) is 12.3. The Morgan fingerprint density at radius 1 is 1.12 bits per heavy atom. The first kappa shape index (κ1) is 16.6. The summed E-state index contributed by atoms with van der Waals surface area (Å²) in [5, 5.41) is 2.66. The summed E-state index contributed by atoms with van der Waals surface area (Å²) >= 11 is 0. The number of hydrogen-bond donors (Lipinski definition) is 1. The van der Waals surface area contributed by atoms with E-state index >= 15 is 0 Å². The van der Waals surface area contributed by atoms with Crippen LogP contribution in [0.15, 0.2) is 36.4 Å². The van der Waals surface area contributed by atoms with E-state index in [9.17, 15) is 22.8 Å². The van der Waals surface area contributed by atoms with Crippen LogP contribution in [0.4, 0.5) is 24.5 Å². The Hall–Kier alpha value is -2.83. The molecule has 0 radical (unpaired) electrons. The Bertz CT molecular complexity index is 921. The number of benzene rings is 2. The number of hydrogen-bond acceptors (Lipinski definition) is 2. The fraction of sp³-hybridized carbons (Fsp3) is 0.263. The molecule has 0 aliphatic carbocycles. The van der Waals surface area contributed by atoms with Crippen molar-refractivity contribution in [2.24, 2.45) is 0 Å². The van der Waals surface area contributed by atoms with Gasteiger partial charge in [-0.1, -0.05) is 6.07 Å². The second-order valence-electron chi connectivity index (χ2n) is 6.50. The fourth-order valence-corrected chi connectivity index (χ4v) is 3.59. The summed E-state index contributed by atoms with van der Waals surface area (Å²) in [5.41, 5.74) is 2.34. The van der Waals surface area contributed by atoms with Gasteiger partial charge >= 0.3 is 6.18 Å². The zero-order valence-corrected chi connectivity index (χ0v) is 13.7. The van der Waals surface area contributed by atoms with Crippen molar-refractivity contribution >= 4 is 23.2 Å². The number of anilines is 2. The molecule has 0 spiro atoms. The topological polar surface area (TPSA) is 49.4 Å². The second kappa shape index (κ2) is 5.86. The predicted molar refractivity (Wildman–Crippen MR) is 90.2 cm³/mol. The number of halogens is 3. The molecule has 2 aliphatic rings. The molecule has 2 aromatic carbocycles. The third-order valence-corrected chi connectivity index (χ3v) is 4.72. The standard InChI is InChI=1S/C19H15F3N2O2/c20-19(21,22)14-5-1-3-12(7-14)18(26)23-15-8-11-4-2-6-24-16(25)10-13(9-15)17(11)24/h1,3,5,7-9H,2,4,6,10H2,(H,23,26). The van der Waals surface area contributed by atoms with Crippen molar-refractivity contribution in [3.8, 4) is 0 Å². The molecule has 0 saturated carbocycles. The van der Waals surface area contributed by atoms with Crippen LogP contribution in [0.2, 0.25) is 0 Å². The van der Waals surface area contributed by atoms with Crippen LogP contribution in [-0.2, 0) is 23.8 Å². The van der Waals surface area contributed by atoms with Crippen molar-refractivity contribution in [3.05, 3.63) is 58.7 Å². The number of amides is 2. The molecule has 0 aromatic heterocycles. The van der Waals surface area contributed by atoms with Crippen LogP contribution in [0.1, 0.15) is 33.5 Å². The molecule has 0 saturated heterocycles. The van der Waals surface area contributed by atoms with Gasteiger partial charge in [0.2, 0.25) is 5.91 Å². The van der Waals surface area contributed by atoms with Crippen molar-refractivity contribution in [1.82, 2.24) is 0 Å². The van der Waals surface area contributed by atoms with E-state index in [0.29, 0.717) is 12.2 Å². The maximum absolute atomic E-state index is 12.8. The molecule has 2 aromatic rings. The van der Waals surface area contributed by atoms with Gasteiger partial charge in [-0.2, -0.15) is 13.2 Å². The zero-order valence-electron chi connectivity index (χ0n) is 13.7. The molecule has 2 heterocycles. The highest BCUT2D eigenvalue weighted by molar-refractivity contribution is 6.06. The van der Waals surface area contributed by atoms with Crippen molar-refractivity contribution in [1.29, 1.82) is 0 Å². The van der Waals surface area contributed by atoms with Crippen molar-refractivity contribution < 1.29 is 22.8 Å². The summed E-state index contributed by atoms with van der Waals surface area (Å²) in [6, 6.07) is 7.84. The van der Waals surface area contributed by atoms with Crippen LogP contribution in [-0.4, -0.2) is 18.4 Å². The predicted octanol–water partition coefficient (Wildman–Crippen LogP) is 3.79. The van der Waals surface area contributed by atoms with E-state index < -0.39 is 17.6 Å². The van der Waals surface area contributed by atoms with E-state index in [-0.39, 0.29) is 17.9 Å². The third-order valence-electron chi connectivity index (χ3n) is 4.72. The number of nitrogens with zero attached hydrogens (tertiary/aromatic N) is 1. The van der Waals surface area contributed by atoms with Gasteiger partial charge in [0.25, 0.3) is 5.91 Å². The monoisotopic (exact) mass is 360 g/mol. The van der Waals surface area contributed by atoms with E-state index in [1.165, 1.54) is 12.1 Å². The maximum atomic E-state index is 12.8. The molecule has 2 amide bonds. The molecular formula is C19H15F3N2O2. The summed E-state index contributed by atoms with van der Waals surface area (Å²) in [5.74, 6) is -0.567. The van der Waals surface area contributed by atoms with Crippen LogP contribution >= 0.6 is 0 Å². The Kier molecular flexibility index (Phi) is 3.75. The highest BCUT2D eigenvalue weighted by Gasteiger charge is 2.33. The Balaban J connectivity index is 1.62. The molecule has 7 heteroatoms. The summed E-state index contributed by atoms with van der Waals surface area (Å²) in [7, 11) is 0. The number of rotatable bonds is 2. The van der Waals surface area contributed by atoms with Crippen LogP contribution < -0.4 is 10.2 Å². The second-order valence-corrected chi connectivity index (χ2v) is 6.50. The molecular weight excluding hydrogens is 345 g/mol. The molecule has 0 unspecified atom stereocenters. The van der Waals surface area contributed by atoms with Gasteiger partial charge in [-0.15, -0.1) is 0 Å². The van der Waals surface area contributed by atoms with E-state index in [2.05, 4.69) is 5.32 Å². The quantitative estimate of drug-likeness (QED) is 0.886. The molecule has 0 bridgehead atoms. The van der Waals surface area contributed by atoms with Crippen LogP contribution in [0.3, 0.4) is 0 Å². The van der Waals surface area contributed by atoms with Gasteiger partial charge in [0, 0.05) is 17.8 Å². The van der Waals surface area contributed by atoms with Crippen molar-refractivity contribution in [2.45, 2.75) is 25.4 Å². The zero-order chi connectivity index (χ0) is 18.5. The molecule has 4 rings (SSSR count). The van der Waals surface area contributed by atoms with Crippen molar-refractivity contribution in [2.75, 3.05) is 16.8 Å². The Morgan fingerprint density at radius 2 is 1.88 bits per heavy atom. The van der Waals surface area contributed by atoms with Gasteiger partial charge < -0.3 is 10.2 Å². The Labute approximate surface area is 147 Å². The van der Waals surface area contributed by atoms with Crippen LogP contribution in [0, 0.1) is 0 Å². The molecule has 1 N–H and O–H groups in total. The highest BCUT2D eigenvalue weighted by atomic mass is 19.4. The number of carbonyl (C=O) groups excluding carboxylic acids is 2. The summed E-state index contributed by atoms with van der Waals surface area (Å²) in [6.45, 7) is 0.703. The molecule has 0 atom stereocenters. The number of aryl methyl sites for hydroxylation is 1. The minimum absolute atomic E-state index is 0.0438. The van der Waals surface area contributed by atoms with Gasteiger partial charge in [-0.25, -0.2) is 0 Å². The summed E-state index contributed by atoms with van der Waals surface area (Å²) in [6.07, 6.45) is -2.56. The van der Waals surface area contributed by atoms with Crippen LogP contribution in [0.5, 0.6) is 0 Å². The lowest BCUT2D eigenvalue weighted by Gasteiger charge is -2.26. The lowest BCUT2D eigenvalue weighted by molar-refractivity contribution is -0.137. The van der Waals surface area contributed by atoms with Crippen molar-refractivity contribution in [3.63, 3.8) is 0 Å². The normalized spacial score (nSPS) is 15.8. The van der Waals surface area contributed by atoms with E-state index in [4.69, 9.17) is 0 Å². The third kappa shape index (κ3) is 2.83. The van der Waals surface area contributed by atoms with E-state index in [1.807, 2.05) is 0 Å². The van der Waals surface area contributed by atoms with E-state index in [0.717, 1.165) is 41.8 Å². The average Bonchev–Trinajstić information content (AvgIpc) is 2.92. The maximum Gasteiger partial charge on any atom is 0.416 e. The number of carbonyl (C=O) groups is 2. The van der Waals surface area contributed by atoms with E-state index in [1.54, 1.807) is 17.0 Å². The highest BCUT2D eigenvalue weighted by Crippen LogP contribution is 2.39. The van der Waals surface area contributed by atoms with Crippen LogP contribution in [0.25, 0.3) is 0 Å². The smallest absolute Gasteiger partial charge is 0.322 e. The lowest BCUT2D eigenvalue weighted by Crippen LogP contribution is -2.31. The lowest BCUT2D eigenvalue weighted by atomic mass is 9.99. The fourth-order valence-electron chi connectivity index (χ4n) is 3.59. The number of nitrogens with one attached hydrogen (secondary N) is 1. The van der Waals surface area contributed by atoms with Gasteiger partial charge in [0.1, 0.15) is 0 Å². The average molecular weight is 360 g/mol. The minimum atomic E-state index is -4.50. The Morgan fingerprint density at radius 3 is 2.65 bits per heavy atom. The first-order valence-corrected chi connectivity index (χ1v) is 8.28. The van der Waals surface area contributed by atoms with Gasteiger partial charge in [0.05, 0.1) is 17.7 Å². The number of alkyl halides is 3. The summed E-state index contributed by atoms with van der Waals surface area (Å²) < 4.78 is 38.5. The molecule has 0 fully saturated rings. The molecule has 2 aliphatic heterocycles.